The second-order valence-corrected chi connectivity index (χ2v) is 9.46. The van der Waals surface area contributed by atoms with Gasteiger partial charge in [-0.2, -0.15) is 0 Å². The van der Waals surface area contributed by atoms with Crippen molar-refractivity contribution >= 4 is 40.7 Å². The van der Waals surface area contributed by atoms with E-state index >= 15 is 0 Å². The number of carbonyl (C=O) groups is 3. The molecule has 0 unspecified atom stereocenters. The van der Waals surface area contributed by atoms with Gasteiger partial charge in [0.2, 0.25) is 11.8 Å². The number of halogens is 1. The summed E-state index contributed by atoms with van der Waals surface area (Å²) in [4.78, 5) is 41.4. The lowest BCUT2D eigenvalue weighted by Gasteiger charge is -2.37. The molecule has 1 heterocycles. The van der Waals surface area contributed by atoms with E-state index in [0.29, 0.717) is 33.8 Å². The smallest absolute Gasteiger partial charge is 0.257 e. The zero-order valence-electron chi connectivity index (χ0n) is 16.9. The second-order valence-electron chi connectivity index (χ2n) is 9.05. The lowest BCUT2D eigenvalue weighted by molar-refractivity contribution is -0.124. The van der Waals surface area contributed by atoms with E-state index in [9.17, 15) is 14.4 Å². The molecule has 2 aromatic carbocycles. The fraction of sp³-hybridized carbons (Fsp3) is 0.320. The highest BCUT2D eigenvalue weighted by Crippen LogP contribution is 2.65. The van der Waals surface area contributed by atoms with Crippen molar-refractivity contribution in [1.82, 2.24) is 0 Å². The summed E-state index contributed by atoms with van der Waals surface area (Å²) < 4.78 is 0. The lowest BCUT2D eigenvalue weighted by Crippen LogP contribution is -2.40. The molecule has 7 rings (SSSR count). The van der Waals surface area contributed by atoms with Crippen LogP contribution in [-0.4, -0.2) is 17.7 Å². The quantitative estimate of drug-likeness (QED) is 0.575. The summed E-state index contributed by atoms with van der Waals surface area (Å²) in [6, 6.07) is 12.1. The molecular weight excluding hydrogens is 412 g/mol. The Balaban J connectivity index is 1.35. The Morgan fingerprint density at radius 3 is 2.29 bits per heavy atom. The van der Waals surface area contributed by atoms with Crippen LogP contribution in [0.15, 0.2) is 54.6 Å². The van der Waals surface area contributed by atoms with Crippen LogP contribution in [0.1, 0.15) is 22.3 Å². The Bertz CT molecular complexity index is 1150. The van der Waals surface area contributed by atoms with Crippen molar-refractivity contribution in [3.05, 3.63) is 70.8 Å². The highest BCUT2D eigenvalue weighted by molar-refractivity contribution is 6.32. The van der Waals surface area contributed by atoms with Gasteiger partial charge in [0.1, 0.15) is 0 Å². The SMILES string of the molecule is Cc1c(Cl)cccc1NC(=O)c1ccccc1N1C(=O)[C@@H]2[C@H]3C=C[C@@H]([C@@H]4C[C@H]34)[C@H]2C1=O. The van der Waals surface area contributed by atoms with Crippen molar-refractivity contribution in [3.63, 3.8) is 0 Å². The van der Waals surface area contributed by atoms with E-state index in [1.165, 1.54) is 4.90 Å². The Morgan fingerprint density at radius 1 is 0.968 bits per heavy atom. The maximum absolute atomic E-state index is 13.5. The molecule has 156 valence electrons. The molecule has 2 saturated carbocycles. The fourth-order valence-corrected chi connectivity index (χ4v) is 6.16. The van der Waals surface area contributed by atoms with Crippen LogP contribution in [0.5, 0.6) is 0 Å². The van der Waals surface area contributed by atoms with E-state index in [4.69, 9.17) is 11.6 Å². The van der Waals surface area contributed by atoms with Gasteiger partial charge < -0.3 is 5.32 Å². The van der Waals surface area contributed by atoms with Gasteiger partial charge in [-0.25, -0.2) is 4.90 Å². The van der Waals surface area contributed by atoms with Gasteiger partial charge in [0, 0.05) is 10.7 Å². The highest BCUT2D eigenvalue weighted by atomic mass is 35.5. The number of imide groups is 1. The normalized spacial score (nSPS) is 32.1. The van der Waals surface area contributed by atoms with Crippen LogP contribution in [0.25, 0.3) is 0 Å². The number of hydrogen-bond donors (Lipinski definition) is 1. The van der Waals surface area contributed by atoms with E-state index in [2.05, 4.69) is 17.5 Å². The monoisotopic (exact) mass is 432 g/mol. The molecule has 1 aliphatic heterocycles. The largest absolute Gasteiger partial charge is 0.322 e. The van der Waals surface area contributed by atoms with Crippen molar-refractivity contribution in [3.8, 4) is 0 Å². The molecule has 0 aromatic heterocycles. The molecule has 0 radical (unpaired) electrons. The van der Waals surface area contributed by atoms with Gasteiger partial charge in [0.25, 0.3) is 5.91 Å². The molecule has 1 N–H and O–H groups in total. The van der Waals surface area contributed by atoms with Crippen LogP contribution in [0, 0.1) is 42.4 Å². The maximum atomic E-state index is 13.5. The molecule has 31 heavy (non-hydrogen) atoms. The molecule has 6 heteroatoms. The number of amides is 3. The zero-order valence-corrected chi connectivity index (χ0v) is 17.7. The molecule has 6 atom stereocenters. The van der Waals surface area contributed by atoms with Gasteiger partial charge in [-0.1, -0.05) is 42.0 Å². The molecule has 5 aliphatic rings. The number of carbonyl (C=O) groups excluding carboxylic acids is 3. The predicted molar refractivity (Wildman–Crippen MR) is 118 cm³/mol. The molecular formula is C25H21ClN2O3. The average molecular weight is 433 g/mol. The Labute approximate surface area is 185 Å². The minimum absolute atomic E-state index is 0.150. The van der Waals surface area contributed by atoms with Crippen molar-refractivity contribution < 1.29 is 14.4 Å². The van der Waals surface area contributed by atoms with Crippen LogP contribution >= 0.6 is 11.6 Å². The van der Waals surface area contributed by atoms with Gasteiger partial charge in [-0.05, 0) is 66.8 Å². The van der Waals surface area contributed by atoms with Gasteiger partial charge in [0.05, 0.1) is 23.1 Å². The number of rotatable bonds is 3. The van der Waals surface area contributed by atoms with Crippen LogP contribution in [0.4, 0.5) is 11.4 Å². The second kappa shape index (κ2) is 6.54. The minimum Gasteiger partial charge on any atom is -0.322 e. The number of nitrogens with one attached hydrogen (secondary N) is 1. The van der Waals surface area contributed by atoms with E-state index in [1.54, 1.807) is 42.5 Å². The van der Waals surface area contributed by atoms with Crippen molar-refractivity contribution in [2.24, 2.45) is 35.5 Å². The third-order valence-corrected chi connectivity index (χ3v) is 7.98. The zero-order chi connectivity index (χ0) is 21.4. The first-order chi connectivity index (χ1) is 15.0. The van der Waals surface area contributed by atoms with Gasteiger partial charge in [0.15, 0.2) is 0 Å². The van der Waals surface area contributed by atoms with E-state index < -0.39 is 0 Å². The predicted octanol–water partition coefficient (Wildman–Crippen LogP) is 4.46. The lowest BCUT2D eigenvalue weighted by atomic mass is 9.63. The number of anilines is 2. The number of para-hydroxylation sites is 1. The molecule has 0 spiro atoms. The van der Waals surface area contributed by atoms with E-state index in [0.717, 1.165) is 12.0 Å². The van der Waals surface area contributed by atoms with Crippen LogP contribution in [0.2, 0.25) is 5.02 Å². The Kier molecular flexibility index (Phi) is 3.97. The number of hydrogen-bond acceptors (Lipinski definition) is 3. The van der Waals surface area contributed by atoms with Crippen molar-refractivity contribution in [2.45, 2.75) is 13.3 Å². The fourth-order valence-electron chi connectivity index (χ4n) is 5.99. The number of nitrogens with zero attached hydrogens (tertiary/aromatic N) is 1. The summed E-state index contributed by atoms with van der Waals surface area (Å²) in [6.07, 6.45) is 5.41. The van der Waals surface area contributed by atoms with Crippen LogP contribution in [0.3, 0.4) is 0 Å². The minimum atomic E-state index is -0.375. The molecule has 1 saturated heterocycles. The van der Waals surface area contributed by atoms with E-state index in [-0.39, 0.29) is 41.4 Å². The van der Waals surface area contributed by atoms with E-state index in [1.807, 2.05) is 6.92 Å². The maximum Gasteiger partial charge on any atom is 0.257 e. The summed E-state index contributed by atoms with van der Waals surface area (Å²) in [6.45, 7) is 1.83. The van der Waals surface area contributed by atoms with Crippen molar-refractivity contribution in [2.75, 3.05) is 10.2 Å². The topological polar surface area (TPSA) is 66.5 Å². The van der Waals surface area contributed by atoms with Crippen LogP contribution < -0.4 is 10.2 Å². The van der Waals surface area contributed by atoms with Gasteiger partial charge >= 0.3 is 0 Å². The standard InChI is InChI=1S/C25H21ClN2O3/c1-12-18(26)6-4-7-19(12)27-23(29)15-5-2-3-8-20(15)28-24(30)21-13-9-10-14(17-11-16(13)17)22(21)25(28)31/h2-10,13-14,16-17,21-22H,11H2,1H3,(H,27,29)/t13-,14-,16-,17+,21+,22+/m0/s1. The van der Waals surface area contributed by atoms with Gasteiger partial charge in [-0.15, -0.1) is 0 Å². The molecule has 3 amide bonds. The Morgan fingerprint density at radius 2 is 1.61 bits per heavy atom. The average Bonchev–Trinajstić information content (AvgIpc) is 3.55. The highest BCUT2D eigenvalue weighted by Gasteiger charge is 2.67. The van der Waals surface area contributed by atoms with Gasteiger partial charge in [-0.3, -0.25) is 14.4 Å². The van der Waals surface area contributed by atoms with Crippen molar-refractivity contribution in [1.29, 1.82) is 0 Å². The summed E-state index contributed by atoms with van der Waals surface area (Å²) >= 11 is 6.18. The number of allylic oxidation sites excluding steroid dienone is 2. The Hall–Kier alpha value is -2.92. The third-order valence-electron chi connectivity index (χ3n) is 7.57. The van der Waals surface area contributed by atoms with Crippen LogP contribution in [-0.2, 0) is 9.59 Å². The first kappa shape index (κ1) is 18.8. The molecule has 5 nitrogen and oxygen atoms in total. The first-order valence-electron chi connectivity index (χ1n) is 10.7. The number of benzene rings is 2. The molecule has 4 aliphatic carbocycles. The molecule has 2 aromatic rings. The summed E-state index contributed by atoms with van der Waals surface area (Å²) in [5, 5.41) is 3.44. The summed E-state index contributed by atoms with van der Waals surface area (Å²) in [7, 11) is 0. The first-order valence-corrected chi connectivity index (χ1v) is 11.1. The third kappa shape index (κ3) is 2.59. The summed E-state index contributed by atoms with van der Waals surface area (Å²) in [5.74, 6) is 0.0796. The summed E-state index contributed by atoms with van der Waals surface area (Å²) in [5.41, 5.74) is 2.02. The molecule has 3 fully saturated rings. The molecule has 2 bridgehead atoms.